The number of nitrogens with one attached hydrogen (secondary N) is 2. The Kier molecular flexibility index (Phi) is 4.64. The van der Waals surface area contributed by atoms with Gasteiger partial charge >= 0.3 is 0 Å². The van der Waals surface area contributed by atoms with Gasteiger partial charge in [0.25, 0.3) is 0 Å². The summed E-state index contributed by atoms with van der Waals surface area (Å²) in [6.45, 7) is 0.0762. The van der Waals surface area contributed by atoms with Crippen LogP contribution in [0.3, 0.4) is 0 Å². The Morgan fingerprint density at radius 1 is 1.12 bits per heavy atom. The fraction of sp³-hybridized carbons (Fsp3) is 0.235. The first kappa shape index (κ1) is 16.6. The van der Waals surface area contributed by atoms with E-state index < -0.39 is 15.8 Å². The maximum Gasteiger partial charge on any atom is 0.240 e. The first-order chi connectivity index (χ1) is 11.4. The third kappa shape index (κ3) is 4.18. The van der Waals surface area contributed by atoms with Gasteiger partial charge in [0, 0.05) is 18.2 Å². The molecule has 0 aliphatic heterocycles. The fourth-order valence-corrected chi connectivity index (χ4v) is 3.24. The topological polar surface area (TPSA) is 75.3 Å². The van der Waals surface area contributed by atoms with Gasteiger partial charge in [-0.3, -0.25) is 4.79 Å². The van der Waals surface area contributed by atoms with E-state index in [-0.39, 0.29) is 23.3 Å². The van der Waals surface area contributed by atoms with E-state index in [9.17, 15) is 17.6 Å². The maximum absolute atomic E-state index is 12.9. The molecule has 7 heteroatoms. The second-order valence-electron chi connectivity index (χ2n) is 5.74. The predicted octanol–water partition coefficient (Wildman–Crippen LogP) is 2.65. The van der Waals surface area contributed by atoms with Crippen LogP contribution in [-0.2, 0) is 21.4 Å². The Morgan fingerprint density at radius 3 is 2.50 bits per heavy atom. The lowest BCUT2D eigenvalue weighted by Crippen LogP contribution is -2.23. The average molecular weight is 348 g/mol. The zero-order valence-corrected chi connectivity index (χ0v) is 13.6. The number of hydrogen-bond acceptors (Lipinski definition) is 3. The van der Waals surface area contributed by atoms with Crippen molar-refractivity contribution in [1.29, 1.82) is 0 Å². The molecule has 0 heterocycles. The molecule has 0 aromatic heterocycles. The molecule has 24 heavy (non-hydrogen) atoms. The quantitative estimate of drug-likeness (QED) is 0.843. The van der Waals surface area contributed by atoms with E-state index in [0.29, 0.717) is 11.3 Å². The zero-order chi connectivity index (χ0) is 17.2. The minimum atomic E-state index is -3.72. The molecule has 0 bridgehead atoms. The lowest BCUT2D eigenvalue weighted by molar-refractivity contribution is -0.117. The summed E-state index contributed by atoms with van der Waals surface area (Å²) in [6.07, 6.45) is 1.84. The van der Waals surface area contributed by atoms with Gasteiger partial charge in [0.2, 0.25) is 15.9 Å². The number of carbonyl (C=O) groups is 1. The number of benzene rings is 2. The first-order valence-electron chi connectivity index (χ1n) is 7.59. The summed E-state index contributed by atoms with van der Waals surface area (Å²) in [4.78, 5) is 11.8. The van der Waals surface area contributed by atoms with Crippen LogP contribution in [-0.4, -0.2) is 14.3 Å². The van der Waals surface area contributed by atoms with Gasteiger partial charge in [-0.25, -0.2) is 17.5 Å². The summed E-state index contributed by atoms with van der Waals surface area (Å²) in [6, 6.07) is 11.6. The Morgan fingerprint density at radius 2 is 1.83 bits per heavy atom. The van der Waals surface area contributed by atoms with Crippen LogP contribution in [0.4, 0.5) is 10.1 Å². The van der Waals surface area contributed by atoms with Crippen LogP contribution in [0, 0.1) is 11.7 Å². The van der Waals surface area contributed by atoms with Crippen LogP contribution in [0.15, 0.2) is 53.4 Å². The number of anilines is 1. The molecule has 1 saturated carbocycles. The van der Waals surface area contributed by atoms with Gasteiger partial charge in [-0.05, 0) is 54.8 Å². The molecule has 3 rings (SSSR count). The molecule has 126 valence electrons. The predicted molar refractivity (Wildman–Crippen MR) is 88.2 cm³/mol. The summed E-state index contributed by atoms with van der Waals surface area (Å²) in [5.74, 6) is -0.391. The first-order valence-corrected chi connectivity index (χ1v) is 9.07. The molecule has 1 aliphatic carbocycles. The SMILES string of the molecule is O=C(Nc1cccc(CNS(=O)(=O)c2ccc(F)cc2)c1)C1CC1. The van der Waals surface area contributed by atoms with Crippen LogP contribution in [0.5, 0.6) is 0 Å². The minimum absolute atomic E-state index is 0.000886. The molecule has 2 aromatic rings. The molecule has 1 aliphatic rings. The van der Waals surface area contributed by atoms with Crippen LogP contribution < -0.4 is 10.0 Å². The third-order valence-electron chi connectivity index (χ3n) is 3.73. The highest BCUT2D eigenvalue weighted by atomic mass is 32.2. The minimum Gasteiger partial charge on any atom is -0.326 e. The van der Waals surface area contributed by atoms with Crippen molar-refractivity contribution in [2.75, 3.05) is 5.32 Å². The van der Waals surface area contributed by atoms with Crippen molar-refractivity contribution in [3.05, 3.63) is 59.9 Å². The second-order valence-corrected chi connectivity index (χ2v) is 7.51. The van der Waals surface area contributed by atoms with Crippen LogP contribution in [0.1, 0.15) is 18.4 Å². The van der Waals surface area contributed by atoms with Crippen LogP contribution in [0.2, 0.25) is 0 Å². The largest absolute Gasteiger partial charge is 0.326 e. The molecule has 0 spiro atoms. The van der Waals surface area contributed by atoms with Gasteiger partial charge in [0.1, 0.15) is 5.82 Å². The van der Waals surface area contributed by atoms with Crippen molar-refractivity contribution < 1.29 is 17.6 Å². The van der Waals surface area contributed by atoms with Gasteiger partial charge < -0.3 is 5.32 Å². The lowest BCUT2D eigenvalue weighted by Gasteiger charge is -2.09. The highest BCUT2D eigenvalue weighted by Gasteiger charge is 2.29. The standard InChI is InChI=1S/C17H17FN2O3S/c18-14-6-8-16(9-7-14)24(22,23)19-11-12-2-1-3-15(10-12)20-17(21)13-4-5-13/h1-3,6-10,13,19H,4-5,11H2,(H,20,21). The van der Waals surface area contributed by atoms with Crippen molar-refractivity contribution in [1.82, 2.24) is 4.72 Å². The molecule has 1 fully saturated rings. The van der Waals surface area contributed by atoms with Crippen molar-refractivity contribution in [2.24, 2.45) is 5.92 Å². The van der Waals surface area contributed by atoms with E-state index >= 15 is 0 Å². The molecular weight excluding hydrogens is 331 g/mol. The van der Waals surface area contributed by atoms with Gasteiger partial charge in [-0.15, -0.1) is 0 Å². The number of rotatable bonds is 6. The van der Waals surface area contributed by atoms with E-state index in [2.05, 4.69) is 10.0 Å². The van der Waals surface area contributed by atoms with Crippen LogP contribution in [0.25, 0.3) is 0 Å². The van der Waals surface area contributed by atoms with E-state index in [4.69, 9.17) is 0 Å². The molecule has 2 N–H and O–H groups in total. The zero-order valence-electron chi connectivity index (χ0n) is 12.8. The van der Waals surface area contributed by atoms with Gasteiger partial charge in [-0.2, -0.15) is 0 Å². The Labute approximate surface area is 139 Å². The van der Waals surface area contributed by atoms with E-state index in [0.717, 1.165) is 25.0 Å². The molecule has 0 radical (unpaired) electrons. The Balaban J connectivity index is 1.65. The van der Waals surface area contributed by atoms with Gasteiger partial charge in [-0.1, -0.05) is 12.1 Å². The average Bonchev–Trinajstić information content (AvgIpc) is 3.39. The normalized spacial score (nSPS) is 14.4. The molecular formula is C17H17FN2O3S. The summed E-state index contributed by atoms with van der Waals surface area (Å²) in [5.41, 5.74) is 1.36. The number of amides is 1. The smallest absolute Gasteiger partial charge is 0.240 e. The summed E-state index contributed by atoms with van der Waals surface area (Å²) in [5, 5.41) is 2.82. The number of carbonyl (C=O) groups excluding carboxylic acids is 1. The number of sulfonamides is 1. The van der Waals surface area contributed by atoms with Crippen LogP contribution >= 0.6 is 0 Å². The summed E-state index contributed by atoms with van der Waals surface area (Å²) in [7, 11) is -3.72. The third-order valence-corrected chi connectivity index (χ3v) is 5.15. The van der Waals surface area contributed by atoms with Crippen molar-refractivity contribution >= 4 is 21.6 Å². The van der Waals surface area contributed by atoms with Gasteiger partial charge in [0.15, 0.2) is 0 Å². The summed E-state index contributed by atoms with van der Waals surface area (Å²) < 4.78 is 39.7. The molecule has 2 aromatic carbocycles. The van der Waals surface area contributed by atoms with E-state index in [1.54, 1.807) is 24.3 Å². The Bertz CT molecular complexity index is 846. The molecule has 1 amide bonds. The second kappa shape index (κ2) is 6.70. The summed E-state index contributed by atoms with van der Waals surface area (Å²) >= 11 is 0. The molecule has 0 saturated heterocycles. The highest BCUT2D eigenvalue weighted by Crippen LogP contribution is 2.30. The van der Waals surface area contributed by atoms with Crippen molar-refractivity contribution in [3.63, 3.8) is 0 Å². The van der Waals surface area contributed by atoms with E-state index in [1.807, 2.05) is 0 Å². The molecule has 0 atom stereocenters. The highest BCUT2D eigenvalue weighted by molar-refractivity contribution is 7.89. The monoisotopic (exact) mass is 348 g/mol. The fourth-order valence-electron chi connectivity index (χ4n) is 2.22. The number of hydrogen-bond donors (Lipinski definition) is 2. The van der Waals surface area contributed by atoms with Crippen molar-refractivity contribution in [3.8, 4) is 0 Å². The van der Waals surface area contributed by atoms with E-state index in [1.165, 1.54) is 12.1 Å². The van der Waals surface area contributed by atoms with Crippen molar-refractivity contribution in [2.45, 2.75) is 24.3 Å². The maximum atomic E-state index is 12.9. The van der Waals surface area contributed by atoms with Gasteiger partial charge in [0.05, 0.1) is 4.90 Å². The number of halogens is 1. The molecule has 0 unspecified atom stereocenters. The lowest BCUT2D eigenvalue weighted by atomic mass is 10.2. The Hall–Kier alpha value is -2.25. The molecule has 5 nitrogen and oxygen atoms in total.